The van der Waals surface area contributed by atoms with Gasteiger partial charge in [0.25, 0.3) is 0 Å². The van der Waals surface area contributed by atoms with Gasteiger partial charge in [-0.3, -0.25) is 0 Å². The van der Waals surface area contributed by atoms with Gasteiger partial charge in [0.05, 0.1) is 0 Å². The summed E-state index contributed by atoms with van der Waals surface area (Å²) in [6, 6.07) is 0. The maximum Gasteiger partial charge on any atom is 0.0447 e. The lowest BCUT2D eigenvalue weighted by Gasteiger charge is -2.51. The summed E-state index contributed by atoms with van der Waals surface area (Å²) in [5.74, 6) is 4.60. The Hall–Kier alpha value is 0.270. The second-order valence-electron chi connectivity index (χ2n) is 7.51. The van der Waals surface area contributed by atoms with Gasteiger partial charge in [0.1, 0.15) is 0 Å². The molecule has 1 rings (SSSR count). The molecule has 3 N–H and O–H groups in total. The van der Waals surface area contributed by atoms with E-state index in [1.807, 2.05) is 0 Å². The maximum absolute atomic E-state index is 6.18. The van der Waals surface area contributed by atoms with Gasteiger partial charge in [-0.1, -0.05) is 41.5 Å². The van der Waals surface area contributed by atoms with Gasteiger partial charge >= 0.3 is 0 Å². The first-order chi connectivity index (χ1) is 8.76. The molecule has 0 spiro atoms. The Labute approximate surface area is 124 Å². The van der Waals surface area contributed by atoms with E-state index in [-0.39, 0.29) is 5.54 Å². The van der Waals surface area contributed by atoms with Crippen LogP contribution >= 0.6 is 11.8 Å². The quantitative estimate of drug-likeness (QED) is 0.786. The molecule has 1 heterocycles. The first-order valence-corrected chi connectivity index (χ1v) is 8.94. The van der Waals surface area contributed by atoms with Crippen LogP contribution in [-0.4, -0.2) is 30.1 Å². The molecule has 1 unspecified atom stereocenters. The fourth-order valence-corrected chi connectivity index (χ4v) is 5.02. The molecule has 0 aromatic carbocycles. The van der Waals surface area contributed by atoms with E-state index in [4.69, 9.17) is 5.73 Å². The summed E-state index contributed by atoms with van der Waals surface area (Å²) < 4.78 is 0. The molecule has 1 aliphatic rings. The molecule has 1 atom stereocenters. The molecule has 0 radical (unpaired) electrons. The van der Waals surface area contributed by atoms with E-state index in [2.05, 4.69) is 58.6 Å². The van der Waals surface area contributed by atoms with Gasteiger partial charge in [-0.15, -0.1) is 0 Å². The fraction of sp³-hybridized carbons (Fsp3) is 1.00. The van der Waals surface area contributed by atoms with E-state index in [9.17, 15) is 0 Å². The predicted octanol–water partition coefficient (Wildman–Crippen LogP) is 3.36. The molecule has 1 aliphatic heterocycles. The Kier molecular flexibility index (Phi) is 6.22. The third-order valence-electron chi connectivity index (χ3n) is 5.25. The van der Waals surface area contributed by atoms with Crippen LogP contribution in [0.3, 0.4) is 0 Å². The molecular weight excluding hydrogens is 252 g/mol. The molecule has 0 bridgehead atoms. The molecule has 0 aliphatic carbocycles. The van der Waals surface area contributed by atoms with E-state index < -0.39 is 0 Å². The molecule has 0 aromatic heterocycles. The monoisotopic (exact) mass is 286 g/mol. The van der Waals surface area contributed by atoms with Crippen molar-refractivity contribution in [1.82, 2.24) is 5.32 Å². The standard InChI is InChI=1S/C16H34N2S/c1-12(2)14(13(3)4)9-18-16(10-17)11-19-8-7-15(16,5)6/h12-14,18H,7-11,17H2,1-6H3. The highest BCUT2D eigenvalue weighted by Crippen LogP contribution is 2.42. The van der Waals surface area contributed by atoms with Gasteiger partial charge in [-0.2, -0.15) is 11.8 Å². The number of hydrogen-bond acceptors (Lipinski definition) is 3. The minimum atomic E-state index is 0.109. The summed E-state index contributed by atoms with van der Waals surface area (Å²) in [4.78, 5) is 0. The Morgan fingerprint density at radius 1 is 1.16 bits per heavy atom. The van der Waals surface area contributed by atoms with Crippen LogP contribution in [0.4, 0.5) is 0 Å². The van der Waals surface area contributed by atoms with Crippen LogP contribution in [-0.2, 0) is 0 Å². The molecule has 2 nitrogen and oxygen atoms in total. The molecular formula is C16H34N2S. The van der Waals surface area contributed by atoms with Gasteiger partial charge in [0.15, 0.2) is 0 Å². The van der Waals surface area contributed by atoms with E-state index in [0.29, 0.717) is 5.41 Å². The van der Waals surface area contributed by atoms with Crippen molar-refractivity contribution in [3.63, 3.8) is 0 Å². The lowest BCUT2D eigenvalue weighted by molar-refractivity contribution is 0.119. The Morgan fingerprint density at radius 3 is 2.16 bits per heavy atom. The molecule has 1 fully saturated rings. The van der Waals surface area contributed by atoms with Crippen molar-refractivity contribution < 1.29 is 0 Å². The highest BCUT2D eigenvalue weighted by Gasteiger charge is 2.46. The van der Waals surface area contributed by atoms with Crippen molar-refractivity contribution in [3.8, 4) is 0 Å². The van der Waals surface area contributed by atoms with E-state index in [1.54, 1.807) is 0 Å². The maximum atomic E-state index is 6.18. The third-order valence-corrected chi connectivity index (χ3v) is 6.44. The lowest BCUT2D eigenvalue weighted by atomic mass is 9.70. The van der Waals surface area contributed by atoms with Crippen molar-refractivity contribution in [2.45, 2.75) is 53.5 Å². The first-order valence-electron chi connectivity index (χ1n) is 7.78. The third kappa shape index (κ3) is 3.89. The minimum Gasteiger partial charge on any atom is -0.329 e. The zero-order chi connectivity index (χ0) is 14.7. The summed E-state index contributed by atoms with van der Waals surface area (Å²) in [5, 5.41) is 3.89. The Morgan fingerprint density at radius 2 is 1.74 bits per heavy atom. The summed E-state index contributed by atoms with van der Waals surface area (Å²) in [6.45, 7) is 15.9. The van der Waals surface area contributed by atoms with Gasteiger partial charge in [-0.25, -0.2) is 0 Å². The van der Waals surface area contributed by atoms with Crippen molar-refractivity contribution >= 4 is 11.8 Å². The largest absolute Gasteiger partial charge is 0.329 e. The topological polar surface area (TPSA) is 38.0 Å². The second-order valence-corrected chi connectivity index (χ2v) is 8.61. The molecule has 3 heteroatoms. The summed E-state index contributed by atoms with van der Waals surface area (Å²) in [6.07, 6.45) is 1.26. The Bertz CT molecular complexity index is 268. The fourth-order valence-electron chi connectivity index (χ4n) is 3.26. The average Bonchev–Trinajstić information content (AvgIpc) is 2.30. The molecule has 0 saturated carbocycles. The zero-order valence-electron chi connectivity index (χ0n) is 13.8. The Balaban J connectivity index is 2.75. The summed E-state index contributed by atoms with van der Waals surface area (Å²) in [7, 11) is 0. The molecule has 0 aromatic rings. The number of nitrogens with one attached hydrogen (secondary N) is 1. The highest BCUT2D eigenvalue weighted by molar-refractivity contribution is 7.99. The lowest BCUT2D eigenvalue weighted by Crippen LogP contribution is -2.65. The van der Waals surface area contributed by atoms with Gasteiger partial charge in [0.2, 0.25) is 0 Å². The van der Waals surface area contributed by atoms with E-state index >= 15 is 0 Å². The van der Waals surface area contributed by atoms with E-state index in [0.717, 1.165) is 36.6 Å². The predicted molar refractivity (Wildman–Crippen MR) is 88.7 cm³/mol. The number of rotatable bonds is 6. The average molecular weight is 287 g/mol. The van der Waals surface area contributed by atoms with Gasteiger partial charge < -0.3 is 11.1 Å². The van der Waals surface area contributed by atoms with Crippen LogP contribution in [0.5, 0.6) is 0 Å². The highest BCUT2D eigenvalue weighted by atomic mass is 32.2. The molecule has 114 valence electrons. The van der Waals surface area contributed by atoms with Crippen LogP contribution in [0.15, 0.2) is 0 Å². The normalized spacial score (nSPS) is 27.5. The van der Waals surface area contributed by atoms with Crippen molar-refractivity contribution in [2.24, 2.45) is 28.9 Å². The number of thioether (sulfide) groups is 1. The van der Waals surface area contributed by atoms with Crippen molar-refractivity contribution in [2.75, 3.05) is 24.6 Å². The van der Waals surface area contributed by atoms with Crippen LogP contribution in [0.2, 0.25) is 0 Å². The SMILES string of the molecule is CC(C)C(CNC1(CN)CSCCC1(C)C)C(C)C. The van der Waals surface area contributed by atoms with Crippen LogP contribution < -0.4 is 11.1 Å². The van der Waals surface area contributed by atoms with Gasteiger partial charge in [-0.05, 0) is 41.9 Å². The van der Waals surface area contributed by atoms with Crippen LogP contribution in [0.1, 0.15) is 48.0 Å². The summed E-state index contributed by atoms with van der Waals surface area (Å²) in [5.41, 5.74) is 6.58. The van der Waals surface area contributed by atoms with Gasteiger partial charge in [0, 0.05) is 17.8 Å². The molecule has 0 amide bonds. The van der Waals surface area contributed by atoms with Crippen molar-refractivity contribution in [3.05, 3.63) is 0 Å². The first kappa shape index (κ1) is 17.3. The number of hydrogen-bond donors (Lipinski definition) is 2. The molecule has 19 heavy (non-hydrogen) atoms. The number of nitrogens with two attached hydrogens (primary N) is 1. The van der Waals surface area contributed by atoms with Crippen molar-refractivity contribution in [1.29, 1.82) is 0 Å². The molecule has 1 saturated heterocycles. The van der Waals surface area contributed by atoms with Crippen LogP contribution in [0.25, 0.3) is 0 Å². The van der Waals surface area contributed by atoms with Crippen LogP contribution in [0, 0.1) is 23.2 Å². The summed E-state index contributed by atoms with van der Waals surface area (Å²) >= 11 is 2.05. The minimum absolute atomic E-state index is 0.109. The second kappa shape index (κ2) is 6.82. The smallest absolute Gasteiger partial charge is 0.0447 e. The van der Waals surface area contributed by atoms with E-state index in [1.165, 1.54) is 12.2 Å². The zero-order valence-corrected chi connectivity index (χ0v) is 14.6.